The van der Waals surface area contributed by atoms with Crippen molar-refractivity contribution in [2.24, 2.45) is 5.92 Å². The molecule has 0 radical (unpaired) electrons. The number of rotatable bonds is 7. The number of hydrogen-bond donors (Lipinski definition) is 1. The minimum Gasteiger partial charge on any atom is -0.332 e. The molecule has 2 fully saturated rings. The van der Waals surface area contributed by atoms with E-state index in [1.165, 1.54) is 11.8 Å². The van der Waals surface area contributed by atoms with Gasteiger partial charge in [0, 0.05) is 23.6 Å². The summed E-state index contributed by atoms with van der Waals surface area (Å²) in [6, 6.07) is 13.1. The molecule has 1 N–H and O–H groups in total. The Hall–Kier alpha value is -2.03. The number of carbonyl (C=O) groups excluding carboxylic acids is 1. The molecular formula is C22H23ClF2N2O3S. The quantitative estimate of drug-likeness (QED) is 0.674. The Balaban J connectivity index is 1.53. The SMILES string of the molecule is CCS(=O)(=O)NC[C@@H]1[C@H](F)CN1C(=O)C1CC1(F)c1ccccc1-c1ccccc1Cl. The van der Waals surface area contributed by atoms with Crippen LogP contribution in [-0.4, -0.2) is 50.3 Å². The third kappa shape index (κ3) is 4.08. The van der Waals surface area contributed by atoms with Gasteiger partial charge in [0.1, 0.15) is 11.8 Å². The van der Waals surface area contributed by atoms with Gasteiger partial charge in [-0.25, -0.2) is 21.9 Å². The molecular weight excluding hydrogens is 446 g/mol. The van der Waals surface area contributed by atoms with E-state index in [9.17, 15) is 17.6 Å². The van der Waals surface area contributed by atoms with Crippen molar-refractivity contribution in [3.63, 3.8) is 0 Å². The van der Waals surface area contributed by atoms with Gasteiger partial charge in [0.25, 0.3) is 0 Å². The lowest BCUT2D eigenvalue weighted by atomic mass is 9.93. The molecule has 4 rings (SSSR count). The first-order valence-electron chi connectivity index (χ1n) is 10.1. The number of carbonyl (C=O) groups is 1. The number of amides is 1. The van der Waals surface area contributed by atoms with Gasteiger partial charge in [-0.2, -0.15) is 0 Å². The van der Waals surface area contributed by atoms with Gasteiger partial charge < -0.3 is 4.90 Å². The molecule has 1 amide bonds. The molecule has 1 aliphatic carbocycles. The molecule has 1 aliphatic heterocycles. The smallest absolute Gasteiger partial charge is 0.229 e. The average Bonchev–Trinajstić information content (AvgIpc) is 3.44. The number of hydrogen-bond acceptors (Lipinski definition) is 3. The van der Waals surface area contributed by atoms with Crippen LogP contribution in [0.4, 0.5) is 8.78 Å². The summed E-state index contributed by atoms with van der Waals surface area (Å²) in [5.41, 5.74) is -0.205. The first-order valence-corrected chi connectivity index (χ1v) is 12.2. The van der Waals surface area contributed by atoms with E-state index in [0.717, 1.165) is 0 Å². The lowest BCUT2D eigenvalue weighted by molar-refractivity contribution is -0.147. The van der Waals surface area contributed by atoms with Crippen LogP contribution in [0.2, 0.25) is 5.02 Å². The third-order valence-corrected chi connectivity index (χ3v) is 7.79. The Morgan fingerprint density at radius 3 is 2.48 bits per heavy atom. The van der Waals surface area contributed by atoms with Crippen LogP contribution in [0.15, 0.2) is 48.5 Å². The summed E-state index contributed by atoms with van der Waals surface area (Å²) in [7, 11) is -3.52. The van der Waals surface area contributed by atoms with E-state index >= 15 is 4.39 Å². The molecule has 4 atom stereocenters. The van der Waals surface area contributed by atoms with Crippen LogP contribution in [-0.2, 0) is 20.5 Å². The fourth-order valence-corrected chi connectivity index (χ4v) is 4.95. The molecule has 1 heterocycles. The van der Waals surface area contributed by atoms with Gasteiger partial charge in [-0.05, 0) is 24.1 Å². The minimum atomic E-state index is -3.52. The van der Waals surface area contributed by atoms with Crippen molar-refractivity contribution in [2.75, 3.05) is 18.8 Å². The number of likely N-dealkylation sites (tertiary alicyclic amines) is 1. The lowest BCUT2D eigenvalue weighted by Crippen LogP contribution is -2.64. The summed E-state index contributed by atoms with van der Waals surface area (Å²) < 4.78 is 55.6. The average molecular weight is 469 g/mol. The monoisotopic (exact) mass is 468 g/mol. The first kappa shape index (κ1) is 22.2. The first-order chi connectivity index (χ1) is 14.7. The number of alkyl halides is 2. The second-order valence-corrected chi connectivity index (χ2v) is 10.5. The van der Waals surface area contributed by atoms with Crippen molar-refractivity contribution < 1.29 is 22.0 Å². The normalized spacial score (nSPS) is 27.6. The number of sulfonamides is 1. The van der Waals surface area contributed by atoms with Gasteiger partial charge in [0.15, 0.2) is 0 Å². The number of nitrogens with one attached hydrogen (secondary N) is 1. The summed E-state index contributed by atoms with van der Waals surface area (Å²) in [6.45, 7) is 1.10. The van der Waals surface area contributed by atoms with Gasteiger partial charge >= 0.3 is 0 Å². The Morgan fingerprint density at radius 1 is 1.19 bits per heavy atom. The Kier molecular flexibility index (Phi) is 5.83. The molecule has 0 aromatic heterocycles. The summed E-state index contributed by atoms with van der Waals surface area (Å²) >= 11 is 6.31. The van der Waals surface area contributed by atoms with E-state index < -0.39 is 39.7 Å². The highest BCUT2D eigenvalue weighted by molar-refractivity contribution is 7.89. The maximum atomic E-state index is 15.9. The fourth-order valence-electron chi connectivity index (χ4n) is 4.09. The van der Waals surface area contributed by atoms with E-state index in [0.29, 0.717) is 21.7 Å². The standard InChI is InChI=1S/C22H23ClF2N2O3S/c1-2-31(29,30)26-12-20-19(24)13-27(20)21(28)17-11-22(17,25)16-9-5-3-7-14(16)15-8-4-6-10-18(15)23/h3-10,17,19-20,26H,2,11-13H2,1H3/t17?,19-,20-,22?/m1/s1. The molecule has 5 nitrogen and oxygen atoms in total. The van der Waals surface area contributed by atoms with Gasteiger partial charge in [-0.3, -0.25) is 4.79 Å². The zero-order valence-corrected chi connectivity index (χ0v) is 18.5. The maximum Gasteiger partial charge on any atom is 0.229 e. The van der Waals surface area contributed by atoms with Crippen molar-refractivity contribution in [3.05, 3.63) is 59.1 Å². The maximum absolute atomic E-state index is 15.9. The molecule has 2 aromatic carbocycles. The minimum absolute atomic E-state index is 0.00579. The van der Waals surface area contributed by atoms with Gasteiger partial charge in [-0.15, -0.1) is 0 Å². The van der Waals surface area contributed by atoms with Crippen molar-refractivity contribution in [3.8, 4) is 11.1 Å². The molecule has 2 aromatic rings. The number of benzene rings is 2. The van der Waals surface area contributed by atoms with E-state index in [1.807, 2.05) is 6.07 Å². The predicted octanol–water partition coefficient (Wildman–Crippen LogP) is 3.68. The highest BCUT2D eigenvalue weighted by atomic mass is 35.5. The molecule has 2 aliphatic rings. The van der Waals surface area contributed by atoms with Gasteiger partial charge in [0.2, 0.25) is 15.9 Å². The Labute approximate surface area is 185 Å². The van der Waals surface area contributed by atoms with Crippen molar-refractivity contribution >= 4 is 27.5 Å². The van der Waals surface area contributed by atoms with E-state index in [2.05, 4.69) is 4.72 Å². The molecule has 0 bridgehead atoms. The fraction of sp³-hybridized carbons (Fsp3) is 0.409. The highest BCUT2D eigenvalue weighted by Crippen LogP contribution is 2.59. The van der Waals surface area contributed by atoms with E-state index in [1.54, 1.807) is 42.5 Å². The molecule has 9 heteroatoms. The van der Waals surface area contributed by atoms with E-state index in [4.69, 9.17) is 11.6 Å². The molecule has 166 valence electrons. The van der Waals surface area contributed by atoms with Crippen molar-refractivity contribution in [2.45, 2.75) is 31.2 Å². The zero-order chi connectivity index (χ0) is 22.4. The van der Waals surface area contributed by atoms with Crippen LogP contribution in [0, 0.1) is 5.92 Å². The second-order valence-electron chi connectivity index (χ2n) is 7.97. The summed E-state index contributed by atoms with van der Waals surface area (Å²) in [5.74, 6) is -1.57. The third-order valence-electron chi connectivity index (χ3n) is 6.09. The van der Waals surface area contributed by atoms with E-state index in [-0.39, 0.29) is 25.3 Å². The Morgan fingerprint density at radius 2 is 1.84 bits per heavy atom. The van der Waals surface area contributed by atoms with Gasteiger partial charge in [-0.1, -0.05) is 54.1 Å². The van der Waals surface area contributed by atoms with Crippen LogP contribution >= 0.6 is 11.6 Å². The second kappa shape index (κ2) is 8.15. The summed E-state index contributed by atoms with van der Waals surface area (Å²) in [5, 5.41) is 0.480. The van der Waals surface area contributed by atoms with Crippen LogP contribution in [0.25, 0.3) is 11.1 Å². The predicted molar refractivity (Wildman–Crippen MR) is 116 cm³/mol. The number of halogens is 3. The van der Waals surface area contributed by atoms with Crippen molar-refractivity contribution in [1.82, 2.24) is 9.62 Å². The zero-order valence-electron chi connectivity index (χ0n) is 16.9. The van der Waals surface area contributed by atoms with Crippen molar-refractivity contribution in [1.29, 1.82) is 0 Å². The van der Waals surface area contributed by atoms with Crippen LogP contribution in [0.1, 0.15) is 18.9 Å². The number of nitrogens with zero attached hydrogens (tertiary/aromatic N) is 1. The molecule has 31 heavy (non-hydrogen) atoms. The summed E-state index contributed by atoms with van der Waals surface area (Å²) in [6.07, 6.45) is -1.35. The molecule has 2 unspecified atom stereocenters. The topological polar surface area (TPSA) is 66.5 Å². The van der Waals surface area contributed by atoms with Crippen LogP contribution in [0.5, 0.6) is 0 Å². The van der Waals surface area contributed by atoms with Gasteiger partial charge in [0.05, 0.1) is 24.3 Å². The lowest BCUT2D eigenvalue weighted by Gasteiger charge is -2.44. The Bertz CT molecular complexity index is 1110. The molecule has 0 spiro atoms. The molecule has 1 saturated carbocycles. The molecule has 1 saturated heterocycles. The largest absolute Gasteiger partial charge is 0.332 e. The highest BCUT2D eigenvalue weighted by Gasteiger charge is 2.64. The summed E-state index contributed by atoms with van der Waals surface area (Å²) in [4.78, 5) is 14.2. The van der Waals surface area contributed by atoms with Crippen LogP contribution < -0.4 is 4.72 Å². The van der Waals surface area contributed by atoms with Crippen LogP contribution in [0.3, 0.4) is 0 Å².